The third kappa shape index (κ3) is 3.87. The summed E-state index contributed by atoms with van der Waals surface area (Å²) in [4.78, 5) is 16.7. The molecule has 0 aromatic heterocycles. The van der Waals surface area contributed by atoms with Gasteiger partial charge in [-0.15, -0.1) is 0 Å². The maximum atomic E-state index is 12.6. The molecule has 2 aromatic rings. The van der Waals surface area contributed by atoms with Crippen molar-refractivity contribution in [1.29, 1.82) is 0 Å². The molecule has 1 aliphatic rings. The highest BCUT2D eigenvalue weighted by Crippen LogP contribution is 2.23. The number of piperazine rings is 1. The second-order valence-corrected chi connectivity index (χ2v) is 6.35. The SMILES string of the molecule is COc1cccc(N2CCN(C(=O)Nc3cccc(C)c3C)CC2)c1. The molecule has 1 saturated heterocycles. The van der Waals surface area contributed by atoms with Crippen LogP contribution in [0.2, 0.25) is 0 Å². The lowest BCUT2D eigenvalue weighted by Gasteiger charge is -2.36. The van der Waals surface area contributed by atoms with Gasteiger partial charge in [-0.3, -0.25) is 0 Å². The van der Waals surface area contributed by atoms with Gasteiger partial charge < -0.3 is 19.9 Å². The number of hydrogen-bond acceptors (Lipinski definition) is 3. The number of anilines is 2. The van der Waals surface area contributed by atoms with Crippen LogP contribution in [0.3, 0.4) is 0 Å². The molecule has 0 atom stereocenters. The molecule has 3 rings (SSSR count). The summed E-state index contributed by atoms with van der Waals surface area (Å²) in [5.41, 5.74) is 4.32. The summed E-state index contributed by atoms with van der Waals surface area (Å²) in [7, 11) is 1.68. The van der Waals surface area contributed by atoms with Gasteiger partial charge in [0, 0.05) is 43.6 Å². The lowest BCUT2D eigenvalue weighted by molar-refractivity contribution is 0.208. The van der Waals surface area contributed by atoms with Crippen LogP contribution in [-0.2, 0) is 0 Å². The number of nitrogens with one attached hydrogen (secondary N) is 1. The predicted octanol–water partition coefficient (Wildman–Crippen LogP) is 3.67. The van der Waals surface area contributed by atoms with Gasteiger partial charge in [0.2, 0.25) is 0 Å². The number of benzene rings is 2. The third-order valence-corrected chi connectivity index (χ3v) is 4.83. The van der Waals surface area contributed by atoms with Gasteiger partial charge in [-0.25, -0.2) is 4.79 Å². The summed E-state index contributed by atoms with van der Waals surface area (Å²) in [5.74, 6) is 0.854. The Labute approximate surface area is 149 Å². The van der Waals surface area contributed by atoms with E-state index in [2.05, 4.69) is 29.3 Å². The second-order valence-electron chi connectivity index (χ2n) is 6.35. The van der Waals surface area contributed by atoms with Gasteiger partial charge in [-0.05, 0) is 43.2 Å². The van der Waals surface area contributed by atoms with E-state index in [9.17, 15) is 4.79 Å². The molecule has 1 aliphatic heterocycles. The molecule has 0 spiro atoms. The number of nitrogens with zero attached hydrogens (tertiary/aromatic N) is 2. The maximum Gasteiger partial charge on any atom is 0.321 e. The molecule has 2 aromatic carbocycles. The summed E-state index contributed by atoms with van der Waals surface area (Å²) in [6, 6.07) is 14.0. The first-order valence-corrected chi connectivity index (χ1v) is 8.59. The van der Waals surface area contributed by atoms with Crippen LogP contribution in [0.4, 0.5) is 16.2 Å². The van der Waals surface area contributed by atoms with Crippen LogP contribution >= 0.6 is 0 Å². The molecule has 0 unspecified atom stereocenters. The topological polar surface area (TPSA) is 44.8 Å². The van der Waals surface area contributed by atoms with Gasteiger partial charge >= 0.3 is 6.03 Å². The Morgan fingerprint density at radius 2 is 1.76 bits per heavy atom. The molecule has 2 amide bonds. The molecule has 0 bridgehead atoms. The minimum absolute atomic E-state index is 0.0287. The van der Waals surface area contributed by atoms with Crippen LogP contribution in [0.5, 0.6) is 5.75 Å². The summed E-state index contributed by atoms with van der Waals surface area (Å²) in [5, 5.41) is 3.04. The van der Waals surface area contributed by atoms with E-state index < -0.39 is 0 Å². The zero-order valence-corrected chi connectivity index (χ0v) is 15.1. The van der Waals surface area contributed by atoms with Crippen molar-refractivity contribution in [2.45, 2.75) is 13.8 Å². The predicted molar refractivity (Wildman–Crippen MR) is 102 cm³/mol. The van der Waals surface area contributed by atoms with E-state index in [1.807, 2.05) is 42.2 Å². The number of aryl methyl sites for hydroxylation is 1. The van der Waals surface area contributed by atoms with E-state index in [0.717, 1.165) is 35.8 Å². The molecule has 0 saturated carbocycles. The molecule has 0 aliphatic carbocycles. The van der Waals surface area contributed by atoms with Gasteiger partial charge in [0.05, 0.1) is 7.11 Å². The number of methoxy groups -OCH3 is 1. The van der Waals surface area contributed by atoms with E-state index in [0.29, 0.717) is 13.1 Å². The minimum Gasteiger partial charge on any atom is -0.497 e. The Balaban J connectivity index is 1.60. The highest BCUT2D eigenvalue weighted by molar-refractivity contribution is 5.90. The Morgan fingerprint density at radius 1 is 1.04 bits per heavy atom. The smallest absolute Gasteiger partial charge is 0.321 e. The van der Waals surface area contributed by atoms with E-state index in [4.69, 9.17) is 4.74 Å². The number of hydrogen-bond donors (Lipinski definition) is 1. The monoisotopic (exact) mass is 339 g/mol. The van der Waals surface area contributed by atoms with Crippen molar-refractivity contribution in [2.75, 3.05) is 43.5 Å². The number of urea groups is 1. The number of carbonyl (C=O) groups excluding carboxylic acids is 1. The van der Waals surface area contributed by atoms with Crippen LogP contribution in [0.15, 0.2) is 42.5 Å². The van der Waals surface area contributed by atoms with Gasteiger partial charge in [0.15, 0.2) is 0 Å². The van der Waals surface area contributed by atoms with Gasteiger partial charge in [-0.1, -0.05) is 18.2 Å². The first-order valence-electron chi connectivity index (χ1n) is 8.59. The fraction of sp³-hybridized carbons (Fsp3) is 0.350. The zero-order valence-electron chi connectivity index (χ0n) is 15.1. The Morgan fingerprint density at radius 3 is 2.48 bits per heavy atom. The summed E-state index contributed by atoms with van der Waals surface area (Å²) < 4.78 is 5.29. The van der Waals surface area contributed by atoms with Crippen LogP contribution in [0.25, 0.3) is 0 Å². The highest BCUT2D eigenvalue weighted by Gasteiger charge is 2.22. The Bertz CT molecular complexity index is 752. The van der Waals surface area contributed by atoms with E-state index >= 15 is 0 Å². The molecular weight excluding hydrogens is 314 g/mol. The normalized spacial score (nSPS) is 14.4. The summed E-state index contributed by atoms with van der Waals surface area (Å²) in [6.45, 7) is 7.12. The van der Waals surface area contributed by atoms with Crippen molar-refractivity contribution in [1.82, 2.24) is 4.90 Å². The molecule has 5 nitrogen and oxygen atoms in total. The standard InChI is InChI=1S/C20H25N3O2/c1-15-6-4-9-19(16(15)2)21-20(24)23-12-10-22(11-13-23)17-7-5-8-18(14-17)25-3/h4-9,14H,10-13H2,1-3H3,(H,21,24). The van der Waals surface area contributed by atoms with Crippen LogP contribution in [0, 0.1) is 13.8 Å². The van der Waals surface area contributed by atoms with Gasteiger partial charge in [0.1, 0.15) is 5.75 Å². The average molecular weight is 339 g/mol. The molecule has 1 fully saturated rings. The van der Waals surface area contributed by atoms with E-state index in [1.165, 1.54) is 5.56 Å². The van der Waals surface area contributed by atoms with Crippen molar-refractivity contribution in [3.05, 3.63) is 53.6 Å². The molecule has 25 heavy (non-hydrogen) atoms. The molecule has 1 N–H and O–H groups in total. The lowest BCUT2D eigenvalue weighted by Crippen LogP contribution is -2.50. The summed E-state index contributed by atoms with van der Waals surface area (Å²) >= 11 is 0. The van der Waals surface area contributed by atoms with Crippen molar-refractivity contribution in [3.63, 3.8) is 0 Å². The van der Waals surface area contributed by atoms with E-state index in [-0.39, 0.29) is 6.03 Å². The quantitative estimate of drug-likeness (QED) is 0.928. The van der Waals surface area contributed by atoms with Gasteiger partial charge in [0.25, 0.3) is 0 Å². The molecular formula is C20H25N3O2. The number of rotatable bonds is 3. The molecule has 132 valence electrons. The zero-order chi connectivity index (χ0) is 17.8. The lowest BCUT2D eigenvalue weighted by atomic mass is 10.1. The van der Waals surface area contributed by atoms with Crippen LogP contribution in [-0.4, -0.2) is 44.2 Å². The maximum absolute atomic E-state index is 12.6. The number of amides is 2. The number of carbonyl (C=O) groups is 1. The highest BCUT2D eigenvalue weighted by atomic mass is 16.5. The molecule has 1 heterocycles. The third-order valence-electron chi connectivity index (χ3n) is 4.83. The molecule has 5 heteroatoms. The second kappa shape index (κ2) is 7.47. The fourth-order valence-electron chi connectivity index (χ4n) is 3.06. The fourth-order valence-corrected chi connectivity index (χ4v) is 3.06. The van der Waals surface area contributed by atoms with Crippen molar-refractivity contribution >= 4 is 17.4 Å². The molecule has 0 radical (unpaired) electrons. The van der Waals surface area contributed by atoms with Crippen LogP contribution < -0.4 is 15.0 Å². The summed E-state index contributed by atoms with van der Waals surface area (Å²) in [6.07, 6.45) is 0. The Hall–Kier alpha value is -2.69. The first kappa shape index (κ1) is 17.1. The minimum atomic E-state index is -0.0287. The Kier molecular flexibility index (Phi) is 5.12. The van der Waals surface area contributed by atoms with E-state index in [1.54, 1.807) is 7.11 Å². The van der Waals surface area contributed by atoms with Crippen molar-refractivity contribution in [2.24, 2.45) is 0 Å². The van der Waals surface area contributed by atoms with Crippen LogP contribution in [0.1, 0.15) is 11.1 Å². The first-order chi connectivity index (χ1) is 12.1. The van der Waals surface area contributed by atoms with Gasteiger partial charge in [-0.2, -0.15) is 0 Å². The average Bonchev–Trinajstić information content (AvgIpc) is 2.65. The van der Waals surface area contributed by atoms with Crippen molar-refractivity contribution < 1.29 is 9.53 Å². The largest absolute Gasteiger partial charge is 0.497 e. The number of ether oxygens (including phenoxy) is 1. The van der Waals surface area contributed by atoms with Crippen molar-refractivity contribution in [3.8, 4) is 5.75 Å².